The molecule has 110 valence electrons. The number of rotatable bonds is 6. The number of nitriles is 1. The molecule has 1 saturated heterocycles. The van der Waals surface area contributed by atoms with Crippen molar-refractivity contribution in [2.75, 3.05) is 13.1 Å². The molecule has 1 aromatic rings. The van der Waals surface area contributed by atoms with Gasteiger partial charge in [-0.15, -0.1) is 0 Å². The lowest BCUT2D eigenvalue weighted by atomic mass is 10.0. The van der Waals surface area contributed by atoms with E-state index in [1.807, 2.05) is 12.1 Å². The third-order valence-corrected chi connectivity index (χ3v) is 4.10. The number of unbranched alkanes of at least 4 members (excludes halogenated alkanes) is 1. The Labute approximate surface area is 121 Å². The van der Waals surface area contributed by atoms with Gasteiger partial charge in [-0.05, 0) is 50.9 Å². The lowest BCUT2D eigenvalue weighted by molar-refractivity contribution is 0.0859. The van der Waals surface area contributed by atoms with Crippen LogP contribution < -0.4 is 0 Å². The van der Waals surface area contributed by atoms with Crippen molar-refractivity contribution in [3.05, 3.63) is 24.2 Å². The van der Waals surface area contributed by atoms with Crippen molar-refractivity contribution >= 4 is 0 Å². The Balaban J connectivity index is 1.91. The smallest absolute Gasteiger partial charge is 0.132 e. The maximum atomic E-state index is 10.3. The molecule has 2 heterocycles. The number of furan rings is 1. The SMILES string of the molecule is N#CCCCN1CCCCCC1CC(O)c1ccco1. The highest BCUT2D eigenvalue weighted by Crippen LogP contribution is 2.26. The molecule has 1 aromatic heterocycles. The van der Waals surface area contributed by atoms with Gasteiger partial charge in [0.25, 0.3) is 0 Å². The summed E-state index contributed by atoms with van der Waals surface area (Å²) in [6, 6.07) is 6.26. The molecule has 1 aliphatic heterocycles. The van der Waals surface area contributed by atoms with Crippen molar-refractivity contribution in [1.82, 2.24) is 4.90 Å². The van der Waals surface area contributed by atoms with E-state index < -0.39 is 6.10 Å². The number of likely N-dealkylation sites (tertiary alicyclic amines) is 1. The van der Waals surface area contributed by atoms with E-state index in [4.69, 9.17) is 9.68 Å². The number of hydrogen-bond acceptors (Lipinski definition) is 4. The van der Waals surface area contributed by atoms with Crippen LogP contribution in [0.5, 0.6) is 0 Å². The van der Waals surface area contributed by atoms with Gasteiger partial charge in [0, 0.05) is 12.5 Å². The molecule has 2 atom stereocenters. The molecule has 0 bridgehead atoms. The van der Waals surface area contributed by atoms with Crippen LogP contribution in [0.2, 0.25) is 0 Å². The van der Waals surface area contributed by atoms with E-state index in [1.54, 1.807) is 6.26 Å². The van der Waals surface area contributed by atoms with Gasteiger partial charge >= 0.3 is 0 Å². The second kappa shape index (κ2) is 8.08. The summed E-state index contributed by atoms with van der Waals surface area (Å²) in [5, 5.41) is 18.9. The van der Waals surface area contributed by atoms with Gasteiger partial charge in [-0.2, -0.15) is 5.26 Å². The molecule has 20 heavy (non-hydrogen) atoms. The van der Waals surface area contributed by atoms with Crippen molar-refractivity contribution in [3.8, 4) is 6.07 Å². The van der Waals surface area contributed by atoms with Crippen molar-refractivity contribution < 1.29 is 9.52 Å². The van der Waals surface area contributed by atoms with Crippen molar-refractivity contribution in [2.45, 2.75) is 57.1 Å². The summed E-state index contributed by atoms with van der Waals surface area (Å²) in [5.74, 6) is 0.659. The van der Waals surface area contributed by atoms with Gasteiger partial charge < -0.3 is 14.4 Å². The second-order valence-corrected chi connectivity index (χ2v) is 5.57. The third-order valence-electron chi connectivity index (χ3n) is 4.10. The first-order valence-corrected chi connectivity index (χ1v) is 7.63. The molecule has 0 saturated carbocycles. The minimum absolute atomic E-state index is 0.399. The monoisotopic (exact) mass is 276 g/mol. The lowest BCUT2D eigenvalue weighted by Crippen LogP contribution is -2.36. The topological polar surface area (TPSA) is 60.4 Å². The Hall–Kier alpha value is -1.31. The number of aliphatic hydroxyl groups is 1. The van der Waals surface area contributed by atoms with Gasteiger partial charge in [-0.25, -0.2) is 0 Å². The summed E-state index contributed by atoms with van der Waals surface area (Å²) in [5.41, 5.74) is 0. The zero-order valence-electron chi connectivity index (χ0n) is 12.0. The number of hydrogen-bond donors (Lipinski definition) is 1. The minimum Gasteiger partial charge on any atom is -0.467 e. The lowest BCUT2D eigenvalue weighted by Gasteiger charge is -2.30. The molecule has 1 N–H and O–H groups in total. The highest BCUT2D eigenvalue weighted by molar-refractivity contribution is 5.02. The van der Waals surface area contributed by atoms with E-state index in [0.29, 0.717) is 18.2 Å². The molecule has 0 aliphatic carbocycles. The maximum absolute atomic E-state index is 10.3. The van der Waals surface area contributed by atoms with Gasteiger partial charge in [0.2, 0.25) is 0 Å². The van der Waals surface area contributed by atoms with Gasteiger partial charge in [0.1, 0.15) is 11.9 Å². The predicted octanol–water partition coefficient (Wildman–Crippen LogP) is 3.25. The molecule has 2 rings (SSSR count). The van der Waals surface area contributed by atoms with Crippen LogP contribution >= 0.6 is 0 Å². The summed E-state index contributed by atoms with van der Waals surface area (Å²) < 4.78 is 5.29. The fourth-order valence-corrected chi connectivity index (χ4v) is 3.01. The third kappa shape index (κ3) is 4.36. The van der Waals surface area contributed by atoms with Crippen LogP contribution in [0.3, 0.4) is 0 Å². The summed E-state index contributed by atoms with van der Waals surface area (Å²) in [7, 11) is 0. The summed E-state index contributed by atoms with van der Waals surface area (Å²) in [6.07, 6.45) is 8.19. The highest BCUT2D eigenvalue weighted by atomic mass is 16.4. The fourth-order valence-electron chi connectivity index (χ4n) is 3.01. The summed E-state index contributed by atoms with van der Waals surface area (Å²) in [6.45, 7) is 2.05. The Morgan fingerprint density at radius 1 is 1.45 bits per heavy atom. The minimum atomic E-state index is -0.522. The Morgan fingerprint density at radius 3 is 3.10 bits per heavy atom. The first-order chi connectivity index (χ1) is 9.81. The molecule has 2 unspecified atom stereocenters. The predicted molar refractivity (Wildman–Crippen MR) is 77.0 cm³/mol. The van der Waals surface area contributed by atoms with Crippen LogP contribution in [0, 0.1) is 11.3 Å². The zero-order chi connectivity index (χ0) is 14.2. The standard InChI is InChI=1S/C16H24N2O2/c17-9-3-5-11-18-10-4-1-2-7-14(18)13-15(19)16-8-6-12-20-16/h6,8,12,14-15,19H,1-5,7,10-11,13H2. The van der Waals surface area contributed by atoms with E-state index in [0.717, 1.165) is 32.4 Å². The summed E-state index contributed by atoms with van der Waals surface area (Å²) >= 11 is 0. The van der Waals surface area contributed by atoms with E-state index in [1.165, 1.54) is 19.3 Å². The molecule has 4 nitrogen and oxygen atoms in total. The molecule has 1 fully saturated rings. The van der Waals surface area contributed by atoms with E-state index >= 15 is 0 Å². The van der Waals surface area contributed by atoms with Crippen LogP contribution in [-0.2, 0) is 0 Å². The summed E-state index contributed by atoms with van der Waals surface area (Å²) in [4.78, 5) is 2.45. The molecule has 0 spiro atoms. The molecule has 0 radical (unpaired) electrons. The van der Waals surface area contributed by atoms with Crippen molar-refractivity contribution in [1.29, 1.82) is 5.26 Å². The Bertz CT molecular complexity index is 411. The van der Waals surface area contributed by atoms with Crippen molar-refractivity contribution in [2.24, 2.45) is 0 Å². The average molecular weight is 276 g/mol. The maximum Gasteiger partial charge on any atom is 0.132 e. The Kier molecular flexibility index (Phi) is 6.10. The number of aliphatic hydroxyl groups excluding tert-OH is 1. The van der Waals surface area contributed by atoms with Gasteiger partial charge in [0.05, 0.1) is 12.3 Å². The highest BCUT2D eigenvalue weighted by Gasteiger charge is 2.24. The van der Waals surface area contributed by atoms with E-state index in [-0.39, 0.29) is 0 Å². The Morgan fingerprint density at radius 2 is 2.35 bits per heavy atom. The second-order valence-electron chi connectivity index (χ2n) is 5.57. The molecular weight excluding hydrogens is 252 g/mol. The van der Waals surface area contributed by atoms with Crippen molar-refractivity contribution in [3.63, 3.8) is 0 Å². The largest absolute Gasteiger partial charge is 0.467 e. The quantitative estimate of drug-likeness (QED) is 0.810. The van der Waals surface area contributed by atoms with Crippen LogP contribution in [0.4, 0.5) is 0 Å². The van der Waals surface area contributed by atoms with Crippen LogP contribution in [0.1, 0.15) is 56.8 Å². The number of nitrogens with zero attached hydrogens (tertiary/aromatic N) is 2. The zero-order valence-corrected chi connectivity index (χ0v) is 12.0. The van der Waals surface area contributed by atoms with E-state index in [2.05, 4.69) is 11.0 Å². The van der Waals surface area contributed by atoms with Crippen LogP contribution in [-0.4, -0.2) is 29.1 Å². The molecule has 0 amide bonds. The van der Waals surface area contributed by atoms with Crippen LogP contribution in [0.15, 0.2) is 22.8 Å². The molecule has 4 heteroatoms. The molecule has 1 aliphatic rings. The van der Waals surface area contributed by atoms with Gasteiger partial charge in [-0.3, -0.25) is 0 Å². The molecular formula is C16H24N2O2. The first kappa shape index (κ1) is 15.1. The van der Waals surface area contributed by atoms with Gasteiger partial charge in [0.15, 0.2) is 0 Å². The normalized spacial score (nSPS) is 22.1. The van der Waals surface area contributed by atoms with Gasteiger partial charge in [-0.1, -0.05) is 12.8 Å². The van der Waals surface area contributed by atoms with E-state index in [9.17, 15) is 5.11 Å². The fraction of sp³-hybridized carbons (Fsp3) is 0.688. The molecule has 0 aromatic carbocycles. The first-order valence-electron chi connectivity index (χ1n) is 7.63. The average Bonchev–Trinajstić information content (AvgIpc) is 2.90. The van der Waals surface area contributed by atoms with Crippen LogP contribution in [0.25, 0.3) is 0 Å².